The van der Waals surface area contributed by atoms with E-state index in [1.165, 1.54) is 57.3 Å². The number of rotatable bonds is 10. The molecule has 0 unspecified atom stereocenters. The van der Waals surface area contributed by atoms with E-state index >= 15 is 0 Å². The first-order valence-electron chi connectivity index (χ1n) is 21.5. The van der Waals surface area contributed by atoms with Crippen LogP contribution in [0.15, 0.2) is 109 Å². The van der Waals surface area contributed by atoms with Crippen molar-refractivity contribution in [3.63, 3.8) is 0 Å². The maximum Gasteiger partial charge on any atom is 3.00 e. The number of ether oxygens (including phenoxy) is 1. The van der Waals surface area contributed by atoms with Crippen LogP contribution in [0, 0.1) is 27.7 Å². The zero-order valence-electron chi connectivity index (χ0n) is 38.0. The summed E-state index contributed by atoms with van der Waals surface area (Å²) in [6, 6.07) is 37.7. The van der Waals surface area contributed by atoms with Crippen LogP contribution in [-0.4, -0.2) is 23.2 Å². The maximum atomic E-state index is 5.02. The zero-order valence-corrected chi connectivity index (χ0v) is 40.8. The summed E-state index contributed by atoms with van der Waals surface area (Å²) in [6.07, 6.45) is 2.56. The second kappa shape index (κ2) is 23.1. The van der Waals surface area contributed by atoms with Crippen LogP contribution in [0.1, 0.15) is 136 Å². The molecule has 5 nitrogen and oxygen atoms in total. The summed E-state index contributed by atoms with van der Waals surface area (Å²) in [5, 5.41) is 10.0. The third-order valence-electron chi connectivity index (χ3n) is 10.8. The number of hydrogen-bond donors (Lipinski definition) is 0. The Morgan fingerprint density at radius 2 is 0.800 bits per heavy atom. The normalized spacial score (nSPS) is 12.1. The molecule has 2 aromatic heterocycles. The monoisotopic (exact) mass is 874 g/mol. The van der Waals surface area contributed by atoms with Gasteiger partial charge in [-0.05, 0) is 106 Å². The van der Waals surface area contributed by atoms with Crippen molar-refractivity contribution in [2.24, 2.45) is 0 Å². The van der Waals surface area contributed by atoms with E-state index in [0.717, 1.165) is 58.7 Å². The van der Waals surface area contributed by atoms with Gasteiger partial charge >= 0.3 is 32.7 Å². The van der Waals surface area contributed by atoms with Crippen LogP contribution in [0.2, 0.25) is 0 Å². The number of aromatic nitrogens is 2. The van der Waals surface area contributed by atoms with Crippen LogP contribution in [0.4, 0.5) is 23.0 Å². The Morgan fingerprint density at radius 1 is 0.467 bits per heavy atom. The van der Waals surface area contributed by atoms with Crippen molar-refractivity contribution in [1.29, 1.82) is 0 Å². The van der Waals surface area contributed by atoms with Crippen LogP contribution in [-0.2, 0) is 37.4 Å². The van der Waals surface area contributed by atoms with Crippen LogP contribution >= 0.6 is 0 Å². The first-order valence-corrected chi connectivity index (χ1v) is 21.5. The molecule has 0 aliphatic carbocycles. The second-order valence-electron chi connectivity index (χ2n) is 16.9. The van der Waals surface area contributed by atoms with Gasteiger partial charge < -0.3 is 25.3 Å². The van der Waals surface area contributed by atoms with Crippen molar-refractivity contribution in [3.8, 4) is 22.5 Å². The van der Waals surface area contributed by atoms with Crippen LogP contribution in [0.3, 0.4) is 0 Å². The average molecular weight is 875 g/mol. The fraction of sp³-hybridized carbons (Fsp3) is 0.352. The Labute approximate surface area is 387 Å². The third-order valence-corrected chi connectivity index (χ3v) is 10.8. The molecular formula is C54H65N4OY. The molecule has 0 N–H and O–H groups in total. The SMILES string of the molecule is C1CCOC1.Cc1cccc(C)c1-c1cccc([N-]c2c(C(C)C)cccc2C(C)C)n1.[CH2-]c1cccc(C)c1-c1cccc([N-]c2c(C(C)C)cccc2C(C)C)n1.[Y+3]. The molecule has 0 amide bonds. The van der Waals surface area contributed by atoms with E-state index < -0.39 is 0 Å². The van der Waals surface area contributed by atoms with Crippen molar-refractivity contribution in [1.82, 2.24) is 9.97 Å². The summed E-state index contributed by atoms with van der Waals surface area (Å²) in [4.78, 5) is 9.75. The van der Waals surface area contributed by atoms with Crippen LogP contribution in [0.5, 0.6) is 0 Å². The summed E-state index contributed by atoms with van der Waals surface area (Å²) in [5.41, 5.74) is 16.1. The van der Waals surface area contributed by atoms with E-state index in [0.29, 0.717) is 23.7 Å². The molecule has 1 aliphatic rings. The topological polar surface area (TPSA) is 63.2 Å². The van der Waals surface area contributed by atoms with E-state index in [1.54, 1.807) is 0 Å². The molecule has 0 bridgehead atoms. The minimum absolute atomic E-state index is 0. The van der Waals surface area contributed by atoms with Gasteiger partial charge in [0, 0.05) is 13.2 Å². The summed E-state index contributed by atoms with van der Waals surface area (Å²) < 4.78 is 4.94. The number of para-hydroxylation sites is 2. The van der Waals surface area contributed by atoms with E-state index in [2.05, 4.69) is 156 Å². The quantitative estimate of drug-likeness (QED) is 0.129. The van der Waals surface area contributed by atoms with E-state index in [1.807, 2.05) is 36.4 Å². The molecule has 0 radical (unpaired) electrons. The summed E-state index contributed by atoms with van der Waals surface area (Å²) in [7, 11) is 0. The van der Waals surface area contributed by atoms with Crippen molar-refractivity contribution in [2.75, 3.05) is 13.2 Å². The molecule has 0 saturated carbocycles. The van der Waals surface area contributed by atoms with Gasteiger partial charge in [0.2, 0.25) is 0 Å². The minimum atomic E-state index is 0. The molecule has 1 aliphatic heterocycles. The predicted octanol–water partition coefficient (Wildman–Crippen LogP) is 16.6. The molecule has 1 saturated heterocycles. The predicted molar refractivity (Wildman–Crippen MR) is 253 cm³/mol. The average Bonchev–Trinajstić information content (AvgIpc) is 3.79. The summed E-state index contributed by atoms with van der Waals surface area (Å²) in [6.45, 7) is 30.3. The third kappa shape index (κ3) is 12.6. The van der Waals surface area contributed by atoms with Crippen molar-refractivity contribution >= 4 is 23.0 Å². The van der Waals surface area contributed by atoms with Gasteiger partial charge in [0.25, 0.3) is 0 Å². The number of nitrogens with zero attached hydrogens (tertiary/aromatic N) is 4. The molecule has 3 heterocycles. The summed E-state index contributed by atoms with van der Waals surface area (Å²) in [5.74, 6) is 3.17. The maximum absolute atomic E-state index is 5.02. The van der Waals surface area contributed by atoms with Gasteiger partial charge in [-0.15, -0.1) is 11.6 Å². The molecule has 0 atom stereocenters. The molecule has 0 spiro atoms. The first-order chi connectivity index (χ1) is 28.3. The number of benzene rings is 4. The van der Waals surface area contributed by atoms with Gasteiger partial charge in [0.15, 0.2) is 0 Å². The Morgan fingerprint density at radius 3 is 1.15 bits per heavy atom. The summed E-state index contributed by atoms with van der Waals surface area (Å²) >= 11 is 0. The van der Waals surface area contributed by atoms with Crippen molar-refractivity contribution < 1.29 is 37.4 Å². The molecule has 310 valence electrons. The number of aryl methyl sites for hydroxylation is 3. The largest absolute Gasteiger partial charge is 3.00 e. The molecule has 6 heteroatoms. The van der Waals surface area contributed by atoms with Gasteiger partial charge in [-0.3, -0.25) is 0 Å². The molecule has 4 aromatic carbocycles. The fourth-order valence-electron chi connectivity index (χ4n) is 7.58. The molecule has 60 heavy (non-hydrogen) atoms. The molecule has 7 rings (SSSR count). The first kappa shape index (κ1) is 48.4. The minimum Gasteiger partial charge on any atom is -0.447 e. The van der Waals surface area contributed by atoms with Gasteiger partial charge in [-0.1, -0.05) is 182 Å². The van der Waals surface area contributed by atoms with E-state index in [4.69, 9.17) is 25.3 Å². The molecule has 1 fully saturated rings. The standard InChI is InChI=1S/C25H29N2.C25H28N2.C4H8O.Y/c2*1-16(2)20-12-8-13-21(17(3)4)25(20)27-23-15-9-14-22(26-23)24-18(5)10-7-11-19(24)6;1-2-4-5-3-1;/h7-17H,1-6H3;7-17H,5H2,1-4,6H3;1-4H2;/q-1;-2;;+3. The van der Waals surface area contributed by atoms with Crippen molar-refractivity contribution in [2.45, 2.75) is 113 Å². The van der Waals surface area contributed by atoms with Crippen molar-refractivity contribution in [3.05, 3.63) is 171 Å². The van der Waals surface area contributed by atoms with Gasteiger partial charge in [0.1, 0.15) is 0 Å². The number of hydrogen-bond acceptors (Lipinski definition) is 3. The van der Waals surface area contributed by atoms with Crippen LogP contribution in [0.25, 0.3) is 33.1 Å². The fourth-order valence-corrected chi connectivity index (χ4v) is 7.58. The smallest absolute Gasteiger partial charge is 0.447 e. The molecule has 6 aromatic rings. The zero-order chi connectivity index (χ0) is 42.6. The van der Waals surface area contributed by atoms with Gasteiger partial charge in [-0.25, -0.2) is 0 Å². The Balaban J connectivity index is 0.000000233. The van der Waals surface area contributed by atoms with Gasteiger partial charge in [0.05, 0.1) is 0 Å². The van der Waals surface area contributed by atoms with Crippen LogP contribution < -0.4 is 0 Å². The Kier molecular flexibility index (Phi) is 18.6. The Bertz CT molecular complexity index is 2030. The van der Waals surface area contributed by atoms with E-state index in [-0.39, 0.29) is 32.7 Å². The number of pyridine rings is 2. The molecular weight excluding hydrogens is 810 g/mol. The van der Waals surface area contributed by atoms with E-state index in [9.17, 15) is 0 Å². The second-order valence-corrected chi connectivity index (χ2v) is 16.9. The van der Waals surface area contributed by atoms with Gasteiger partial charge in [-0.2, -0.15) is 18.6 Å². The Hall–Kier alpha value is -4.29.